The average molecular weight is 321 g/mol. The summed E-state index contributed by atoms with van der Waals surface area (Å²) in [5, 5.41) is 21.0. The molecule has 112 valence electrons. The lowest BCUT2D eigenvalue weighted by Gasteiger charge is -2.01. The first-order valence-electron chi connectivity index (χ1n) is 6.81. The molecule has 0 spiro atoms. The van der Waals surface area contributed by atoms with Gasteiger partial charge >= 0.3 is 0 Å². The molecule has 0 unspecified atom stereocenters. The van der Waals surface area contributed by atoms with Crippen LogP contribution in [0.1, 0.15) is 16.1 Å². The highest BCUT2D eigenvalue weighted by Crippen LogP contribution is 2.29. The number of nitro groups is 1. The summed E-state index contributed by atoms with van der Waals surface area (Å²) in [5.74, 6) is 0. The van der Waals surface area contributed by atoms with Gasteiger partial charge in [0.25, 0.3) is 5.69 Å². The van der Waals surface area contributed by atoms with Crippen LogP contribution >= 0.6 is 11.3 Å². The molecule has 3 rings (SSSR count). The molecule has 0 amide bonds. The minimum Gasteiger partial charge on any atom is -0.258 e. The lowest BCUT2D eigenvalue weighted by atomic mass is 10.1. The molecule has 3 aromatic rings. The van der Waals surface area contributed by atoms with Crippen molar-refractivity contribution in [3.05, 3.63) is 68.7 Å². The van der Waals surface area contributed by atoms with Gasteiger partial charge in [0, 0.05) is 12.1 Å². The van der Waals surface area contributed by atoms with Crippen LogP contribution in [0.3, 0.4) is 0 Å². The molecule has 0 saturated carbocycles. The van der Waals surface area contributed by atoms with E-state index >= 15 is 0 Å². The maximum atomic E-state index is 10.9. The zero-order chi connectivity index (χ0) is 16.4. The number of fused-ring (bicyclic) bond motifs is 1. The van der Waals surface area contributed by atoms with Crippen LogP contribution in [0, 0.1) is 28.4 Å². The number of nitro benzene ring substituents is 1. The van der Waals surface area contributed by atoms with Crippen molar-refractivity contribution < 1.29 is 4.92 Å². The van der Waals surface area contributed by atoms with Crippen molar-refractivity contribution in [1.82, 2.24) is 4.98 Å². The van der Waals surface area contributed by atoms with Gasteiger partial charge in [0.1, 0.15) is 11.1 Å². The second-order valence-corrected chi connectivity index (χ2v) is 5.99. The predicted octanol–water partition coefficient (Wildman–Crippen LogP) is 4.58. The zero-order valence-electron chi connectivity index (χ0n) is 12.2. The summed E-state index contributed by atoms with van der Waals surface area (Å²) in [4.78, 5) is 14.9. The van der Waals surface area contributed by atoms with Crippen LogP contribution in [0.4, 0.5) is 5.69 Å². The maximum Gasteiger partial charge on any atom is 0.270 e. The van der Waals surface area contributed by atoms with E-state index in [1.807, 2.05) is 31.2 Å². The largest absolute Gasteiger partial charge is 0.270 e. The normalized spacial score (nSPS) is 11.4. The van der Waals surface area contributed by atoms with E-state index in [1.165, 1.54) is 23.5 Å². The number of aromatic nitrogens is 1. The highest BCUT2D eigenvalue weighted by atomic mass is 32.1. The molecule has 6 heteroatoms. The number of allylic oxidation sites excluding steroid dienone is 1. The maximum absolute atomic E-state index is 10.9. The Balaban J connectivity index is 2.10. The molecule has 0 bridgehead atoms. The number of nitriles is 1. The molecule has 0 fully saturated rings. The topological polar surface area (TPSA) is 79.8 Å². The summed E-state index contributed by atoms with van der Waals surface area (Å²) in [6, 6.07) is 14.4. The smallest absolute Gasteiger partial charge is 0.258 e. The Labute approximate surface area is 136 Å². The van der Waals surface area contributed by atoms with Crippen LogP contribution in [0.5, 0.6) is 0 Å². The van der Waals surface area contributed by atoms with Gasteiger partial charge in [-0.1, -0.05) is 18.2 Å². The fourth-order valence-electron chi connectivity index (χ4n) is 2.18. The van der Waals surface area contributed by atoms with Gasteiger partial charge in [-0.15, -0.1) is 11.3 Å². The molecule has 0 atom stereocenters. The van der Waals surface area contributed by atoms with E-state index in [-0.39, 0.29) is 5.69 Å². The van der Waals surface area contributed by atoms with Crippen molar-refractivity contribution in [2.24, 2.45) is 0 Å². The van der Waals surface area contributed by atoms with Gasteiger partial charge in [-0.05, 0) is 36.3 Å². The molecule has 0 aliphatic rings. The summed E-state index contributed by atoms with van der Waals surface area (Å²) in [6.45, 7) is 1.85. The number of benzene rings is 2. The van der Waals surface area contributed by atoms with E-state index in [1.54, 1.807) is 12.1 Å². The number of thiazole rings is 1. The van der Waals surface area contributed by atoms with Crippen LogP contribution in [0.15, 0.2) is 42.5 Å². The highest BCUT2D eigenvalue weighted by Gasteiger charge is 2.11. The Morgan fingerprint density at radius 1 is 1.35 bits per heavy atom. The van der Waals surface area contributed by atoms with Gasteiger partial charge in [0.2, 0.25) is 0 Å². The number of aryl methyl sites for hydroxylation is 1. The SMILES string of the molecule is Cc1ccc([N+](=O)[O-])cc1/C=C(/C#N)c1nc2ccccc2s1. The molecule has 0 saturated heterocycles. The Bertz CT molecular complexity index is 950. The lowest BCUT2D eigenvalue weighted by Crippen LogP contribution is -1.90. The molecule has 0 N–H and O–H groups in total. The van der Waals surface area contributed by atoms with Gasteiger partial charge in [-0.25, -0.2) is 4.98 Å². The predicted molar refractivity (Wildman–Crippen MR) is 90.9 cm³/mol. The van der Waals surface area contributed by atoms with Crippen molar-refractivity contribution in [3.8, 4) is 6.07 Å². The van der Waals surface area contributed by atoms with E-state index < -0.39 is 4.92 Å². The van der Waals surface area contributed by atoms with E-state index in [0.29, 0.717) is 16.1 Å². The molecule has 23 heavy (non-hydrogen) atoms. The first kappa shape index (κ1) is 14.9. The molecule has 1 aromatic heterocycles. The number of nitrogens with zero attached hydrogens (tertiary/aromatic N) is 3. The third-order valence-electron chi connectivity index (χ3n) is 3.42. The Kier molecular flexibility index (Phi) is 3.87. The second-order valence-electron chi connectivity index (χ2n) is 4.95. The minimum atomic E-state index is -0.444. The van der Waals surface area contributed by atoms with Crippen molar-refractivity contribution in [1.29, 1.82) is 5.26 Å². The summed E-state index contributed by atoms with van der Waals surface area (Å²) in [6.07, 6.45) is 1.65. The quantitative estimate of drug-likeness (QED) is 0.402. The van der Waals surface area contributed by atoms with Crippen LogP contribution in [0.2, 0.25) is 0 Å². The Morgan fingerprint density at radius 2 is 2.13 bits per heavy atom. The van der Waals surface area contributed by atoms with Crippen LogP contribution in [-0.2, 0) is 0 Å². The number of rotatable bonds is 3. The van der Waals surface area contributed by atoms with Crippen molar-refractivity contribution in [2.75, 3.05) is 0 Å². The van der Waals surface area contributed by atoms with E-state index in [9.17, 15) is 15.4 Å². The fraction of sp³-hybridized carbons (Fsp3) is 0.0588. The van der Waals surface area contributed by atoms with Gasteiger partial charge in [0.05, 0.1) is 20.7 Å². The molecule has 0 aliphatic heterocycles. The van der Waals surface area contributed by atoms with E-state index in [2.05, 4.69) is 11.1 Å². The first-order chi connectivity index (χ1) is 11.1. The Hall–Kier alpha value is -3.04. The standard InChI is InChI=1S/C17H11N3O2S/c1-11-6-7-14(20(21)22)9-12(11)8-13(10-18)17-19-15-4-2-3-5-16(15)23-17/h2-9H,1H3/b13-8-. The van der Waals surface area contributed by atoms with Crippen molar-refractivity contribution in [2.45, 2.75) is 6.92 Å². The number of non-ortho nitro benzene ring substituents is 1. The molecular weight excluding hydrogens is 310 g/mol. The monoisotopic (exact) mass is 321 g/mol. The summed E-state index contributed by atoms with van der Waals surface area (Å²) in [7, 11) is 0. The van der Waals surface area contributed by atoms with Crippen LogP contribution in [0.25, 0.3) is 21.9 Å². The molecule has 0 aliphatic carbocycles. The summed E-state index contributed by atoms with van der Waals surface area (Å²) in [5.41, 5.74) is 2.75. The third-order valence-corrected chi connectivity index (χ3v) is 4.49. The first-order valence-corrected chi connectivity index (χ1v) is 7.63. The minimum absolute atomic E-state index is 0.00318. The van der Waals surface area contributed by atoms with E-state index in [4.69, 9.17) is 0 Å². The van der Waals surface area contributed by atoms with Gasteiger partial charge < -0.3 is 0 Å². The number of hydrogen-bond donors (Lipinski definition) is 0. The average Bonchev–Trinajstić information content (AvgIpc) is 2.97. The van der Waals surface area contributed by atoms with Crippen molar-refractivity contribution >= 4 is 38.9 Å². The summed E-state index contributed by atoms with van der Waals surface area (Å²) >= 11 is 1.43. The second kappa shape index (κ2) is 5.99. The highest BCUT2D eigenvalue weighted by molar-refractivity contribution is 7.19. The van der Waals surface area contributed by atoms with Crippen LogP contribution in [-0.4, -0.2) is 9.91 Å². The van der Waals surface area contributed by atoms with Crippen LogP contribution < -0.4 is 0 Å². The van der Waals surface area contributed by atoms with Gasteiger partial charge in [-0.3, -0.25) is 10.1 Å². The number of hydrogen-bond acceptors (Lipinski definition) is 5. The number of para-hydroxylation sites is 1. The van der Waals surface area contributed by atoms with Gasteiger partial charge in [0.15, 0.2) is 0 Å². The summed E-state index contributed by atoms with van der Waals surface area (Å²) < 4.78 is 0.999. The molecule has 5 nitrogen and oxygen atoms in total. The van der Waals surface area contributed by atoms with Gasteiger partial charge in [-0.2, -0.15) is 5.26 Å². The van der Waals surface area contributed by atoms with Crippen molar-refractivity contribution in [3.63, 3.8) is 0 Å². The molecule has 1 heterocycles. The zero-order valence-corrected chi connectivity index (χ0v) is 13.0. The fourth-order valence-corrected chi connectivity index (χ4v) is 3.11. The molecule has 2 aromatic carbocycles. The molecule has 0 radical (unpaired) electrons. The lowest BCUT2D eigenvalue weighted by molar-refractivity contribution is -0.384. The third kappa shape index (κ3) is 2.96. The molecular formula is C17H11N3O2S. The van der Waals surface area contributed by atoms with E-state index in [0.717, 1.165) is 15.8 Å². The Morgan fingerprint density at radius 3 is 2.83 bits per heavy atom.